The molecule has 0 spiro atoms. The van der Waals surface area contributed by atoms with Gasteiger partial charge in [-0.3, -0.25) is 0 Å². The van der Waals surface area contributed by atoms with Crippen molar-refractivity contribution >= 4 is 57.7 Å². The van der Waals surface area contributed by atoms with Gasteiger partial charge in [0.15, 0.2) is 46.5 Å². The van der Waals surface area contributed by atoms with Crippen LogP contribution < -0.4 is 10.6 Å². The van der Waals surface area contributed by atoms with E-state index in [1.165, 1.54) is 85.0 Å². The number of aliphatic hydroxyl groups is 2. The van der Waals surface area contributed by atoms with Crippen molar-refractivity contribution in [1.29, 1.82) is 0 Å². The van der Waals surface area contributed by atoms with Gasteiger partial charge in [0.05, 0.1) is 33.9 Å². The third kappa shape index (κ3) is 7.96. The van der Waals surface area contributed by atoms with Gasteiger partial charge in [-0.1, -0.05) is 24.3 Å². The fraction of sp³-hybridized carbons (Fsp3) is 0.120. The standard InChI is InChI=1S/C50H36F8N6O4/c51-41-39(42(52)46(56)49(45(41)55)59-17-3-19-65)37-31-13-9-27(61-31)35(23-5-1-7-25(67)21-23)28-10-14-32(62-28)38(40-43(53)47(57)50(48(58)44(40)54)60-18-4-20-66)34-16-12-30(64-34)36(29-11-15-33(37)63-29)24-6-2-8-26(68)22-24/h1-2,5-16,21-22,59-61,64-68H,3-4,17-20H2. The number of aromatic amines is 2. The monoisotopic (exact) mass is 936 g/mol. The van der Waals surface area contributed by atoms with E-state index < -0.39 is 80.2 Å². The number of aromatic hydroxyl groups is 2. The Bertz CT molecular complexity index is 3140. The third-order valence-corrected chi connectivity index (χ3v) is 11.3. The van der Waals surface area contributed by atoms with E-state index in [0.717, 1.165) is 0 Å². The lowest BCUT2D eigenvalue weighted by atomic mass is 10.0. The van der Waals surface area contributed by atoms with E-state index in [2.05, 4.69) is 20.6 Å². The zero-order valence-electron chi connectivity index (χ0n) is 35.2. The average Bonchev–Trinajstić information content (AvgIpc) is 4.18. The molecule has 346 valence electrons. The number of benzene rings is 4. The van der Waals surface area contributed by atoms with E-state index in [0.29, 0.717) is 0 Å². The summed E-state index contributed by atoms with van der Waals surface area (Å²) in [6.07, 6.45) is 5.49. The molecule has 9 rings (SSSR count). The molecule has 68 heavy (non-hydrogen) atoms. The van der Waals surface area contributed by atoms with E-state index in [-0.39, 0.29) is 118 Å². The highest BCUT2D eigenvalue weighted by atomic mass is 19.2. The number of halogens is 8. The Kier molecular flexibility index (Phi) is 12.2. The largest absolute Gasteiger partial charge is 0.508 e. The molecule has 18 heteroatoms. The molecule has 7 aromatic rings. The van der Waals surface area contributed by atoms with E-state index in [4.69, 9.17) is 9.97 Å². The third-order valence-electron chi connectivity index (χ3n) is 11.3. The van der Waals surface area contributed by atoms with Crippen LogP contribution in [0.25, 0.3) is 90.9 Å². The van der Waals surface area contributed by atoms with Crippen molar-refractivity contribution < 1.29 is 55.5 Å². The average molecular weight is 937 g/mol. The second kappa shape index (κ2) is 18.4. The summed E-state index contributed by atoms with van der Waals surface area (Å²) in [6, 6.07) is 17.2. The summed E-state index contributed by atoms with van der Waals surface area (Å²) < 4.78 is 130. The van der Waals surface area contributed by atoms with Gasteiger partial charge in [-0.15, -0.1) is 0 Å². The van der Waals surface area contributed by atoms with Crippen molar-refractivity contribution in [2.75, 3.05) is 36.9 Å². The van der Waals surface area contributed by atoms with Gasteiger partial charge >= 0.3 is 0 Å². The zero-order chi connectivity index (χ0) is 48.0. The number of nitrogens with zero attached hydrogens (tertiary/aromatic N) is 2. The van der Waals surface area contributed by atoms with Gasteiger partial charge in [-0.2, -0.15) is 0 Å². The van der Waals surface area contributed by atoms with Gasteiger partial charge in [0, 0.05) is 70.6 Å². The summed E-state index contributed by atoms with van der Waals surface area (Å²) in [5.41, 5.74) is -4.87. The van der Waals surface area contributed by atoms with Gasteiger partial charge in [0.1, 0.15) is 22.9 Å². The Morgan fingerprint density at radius 1 is 0.412 bits per heavy atom. The smallest absolute Gasteiger partial charge is 0.185 e. The number of rotatable bonds is 12. The van der Waals surface area contributed by atoms with E-state index in [1.54, 1.807) is 12.1 Å². The number of anilines is 2. The molecule has 0 atom stereocenters. The van der Waals surface area contributed by atoms with Gasteiger partial charge < -0.3 is 41.0 Å². The predicted octanol–water partition coefficient (Wildman–Crippen LogP) is 11.4. The van der Waals surface area contributed by atoms with Gasteiger partial charge in [-0.25, -0.2) is 45.1 Å². The summed E-state index contributed by atoms with van der Waals surface area (Å²) in [4.78, 5) is 15.6. The highest BCUT2D eigenvalue weighted by Crippen LogP contribution is 2.44. The number of aliphatic hydroxyl groups excluding tert-OH is 2. The number of hydrogen-bond donors (Lipinski definition) is 8. The molecular formula is C50H36F8N6O4. The zero-order valence-corrected chi connectivity index (χ0v) is 35.2. The summed E-state index contributed by atoms with van der Waals surface area (Å²) in [6.45, 7) is -1.19. The minimum absolute atomic E-state index is 0.00651. The minimum Gasteiger partial charge on any atom is -0.508 e. The van der Waals surface area contributed by atoms with Crippen molar-refractivity contribution in [3.63, 3.8) is 0 Å². The van der Waals surface area contributed by atoms with E-state index >= 15 is 35.1 Å². The maximum atomic E-state index is 16.5. The van der Waals surface area contributed by atoms with Gasteiger partial charge in [0.2, 0.25) is 0 Å². The number of phenols is 2. The van der Waals surface area contributed by atoms with Gasteiger partial charge in [0.25, 0.3) is 0 Å². The van der Waals surface area contributed by atoms with Crippen LogP contribution in [0.2, 0.25) is 0 Å². The number of aromatic nitrogens is 4. The number of nitrogens with one attached hydrogen (secondary N) is 4. The van der Waals surface area contributed by atoms with Crippen molar-refractivity contribution in [2.45, 2.75) is 12.8 Å². The number of phenolic OH excluding ortho intramolecular Hbond substituents is 2. The highest BCUT2D eigenvalue weighted by Gasteiger charge is 2.32. The molecule has 0 radical (unpaired) electrons. The quantitative estimate of drug-likeness (QED) is 0.0341. The molecule has 3 aromatic heterocycles. The molecule has 5 heterocycles. The number of fused-ring (bicyclic) bond motifs is 8. The first-order chi connectivity index (χ1) is 32.8. The molecule has 10 nitrogen and oxygen atoms in total. The topological polar surface area (TPSA) is 162 Å². The lowest BCUT2D eigenvalue weighted by molar-refractivity contribution is 0.292. The molecular weight excluding hydrogens is 901 g/mol. The summed E-state index contributed by atoms with van der Waals surface area (Å²) in [7, 11) is 0. The van der Waals surface area contributed by atoms with Crippen molar-refractivity contribution in [3.05, 3.63) is 142 Å². The Morgan fingerprint density at radius 3 is 1.06 bits per heavy atom. The molecule has 4 aromatic carbocycles. The molecule has 0 fully saturated rings. The number of H-pyrrole nitrogens is 2. The summed E-state index contributed by atoms with van der Waals surface area (Å²) >= 11 is 0. The maximum Gasteiger partial charge on any atom is 0.185 e. The van der Waals surface area contributed by atoms with Crippen molar-refractivity contribution in [1.82, 2.24) is 19.9 Å². The van der Waals surface area contributed by atoms with Crippen LogP contribution in [0.3, 0.4) is 0 Å². The van der Waals surface area contributed by atoms with Crippen LogP contribution >= 0.6 is 0 Å². The predicted molar refractivity (Wildman–Crippen MR) is 244 cm³/mol. The van der Waals surface area contributed by atoms with Crippen LogP contribution in [0.15, 0.2) is 72.8 Å². The lowest BCUT2D eigenvalue weighted by Gasteiger charge is -2.14. The second-order valence-corrected chi connectivity index (χ2v) is 15.6. The Hall–Kier alpha value is -7.96. The summed E-state index contributed by atoms with van der Waals surface area (Å²) in [5, 5.41) is 44.2. The van der Waals surface area contributed by atoms with Crippen LogP contribution in [0.5, 0.6) is 11.5 Å². The maximum absolute atomic E-state index is 16.5. The fourth-order valence-corrected chi connectivity index (χ4v) is 8.26. The number of hydrogen-bond acceptors (Lipinski definition) is 8. The SMILES string of the molecule is OCCCNc1c(F)c(F)c(-c2c3nc(c(-c4cccc(O)c4)c4ccc([nH]4)c(-c4c(F)c(F)c(NCCCO)c(F)c4F)c4nc(c(-c5cccc(O)c5)c5ccc2[nH]5)C=C4)C=C3)c(F)c1F. The Labute approximate surface area is 380 Å². The van der Waals surface area contributed by atoms with Gasteiger partial charge in [-0.05, 0) is 96.8 Å². The van der Waals surface area contributed by atoms with Crippen molar-refractivity contribution in [2.24, 2.45) is 0 Å². The molecule has 2 aliphatic rings. The molecule has 2 aliphatic heterocycles. The van der Waals surface area contributed by atoms with Crippen LogP contribution in [-0.4, -0.2) is 66.7 Å². The Balaban J connectivity index is 1.46. The molecule has 0 saturated heterocycles. The molecule has 0 unspecified atom stereocenters. The highest BCUT2D eigenvalue weighted by molar-refractivity contribution is 6.00. The second-order valence-electron chi connectivity index (χ2n) is 15.6. The normalized spacial score (nSPS) is 12.0. The first-order valence-electron chi connectivity index (χ1n) is 21.0. The molecule has 8 N–H and O–H groups in total. The fourth-order valence-electron chi connectivity index (χ4n) is 8.26. The summed E-state index contributed by atoms with van der Waals surface area (Å²) in [5.74, 6) is -14.6. The first-order valence-corrected chi connectivity index (χ1v) is 21.0. The van der Waals surface area contributed by atoms with E-state index in [1.807, 2.05) is 0 Å². The van der Waals surface area contributed by atoms with Crippen molar-refractivity contribution in [3.8, 4) is 56.0 Å². The van der Waals surface area contributed by atoms with E-state index in [9.17, 15) is 20.4 Å². The minimum atomic E-state index is -1.78. The van der Waals surface area contributed by atoms with Crippen LogP contribution in [0.4, 0.5) is 46.5 Å². The first kappa shape index (κ1) is 45.2. The van der Waals surface area contributed by atoms with Crippen LogP contribution in [0, 0.1) is 46.5 Å². The van der Waals surface area contributed by atoms with Crippen LogP contribution in [0.1, 0.15) is 35.6 Å². The molecule has 8 bridgehead atoms. The molecule has 0 amide bonds. The molecule has 0 aliphatic carbocycles. The van der Waals surface area contributed by atoms with Crippen LogP contribution in [-0.2, 0) is 0 Å². The lowest BCUT2D eigenvalue weighted by Crippen LogP contribution is -2.11. The molecule has 0 saturated carbocycles. The Morgan fingerprint density at radius 2 is 0.735 bits per heavy atom.